The van der Waals surface area contributed by atoms with Gasteiger partial charge in [0.1, 0.15) is 0 Å². The fourth-order valence-corrected chi connectivity index (χ4v) is 1.83. The number of nitrogens with one attached hydrogen (secondary N) is 1. The van der Waals surface area contributed by atoms with Gasteiger partial charge in [-0.2, -0.15) is 0 Å². The zero-order valence-corrected chi connectivity index (χ0v) is 11.3. The highest BCUT2D eigenvalue weighted by atomic mass is 16.1. The minimum Gasteiger partial charge on any atom is -0.355 e. The first-order chi connectivity index (χ1) is 7.54. The molecule has 0 radical (unpaired) electrons. The van der Waals surface area contributed by atoms with Crippen LogP contribution in [0.3, 0.4) is 0 Å². The predicted octanol–water partition coefficient (Wildman–Crippen LogP) is 2.30. The molecule has 2 atom stereocenters. The Morgan fingerprint density at radius 3 is 2.19 bits per heavy atom. The minimum atomic E-state index is 0.0934. The van der Waals surface area contributed by atoms with Crippen molar-refractivity contribution in [2.45, 2.75) is 59.4 Å². The van der Waals surface area contributed by atoms with Crippen molar-refractivity contribution in [1.82, 2.24) is 5.32 Å². The lowest BCUT2D eigenvalue weighted by molar-refractivity contribution is -0.122. The van der Waals surface area contributed by atoms with E-state index < -0.39 is 0 Å². The van der Waals surface area contributed by atoms with Crippen LogP contribution in [-0.2, 0) is 4.79 Å². The molecule has 16 heavy (non-hydrogen) atoms. The van der Waals surface area contributed by atoms with E-state index in [-0.39, 0.29) is 11.9 Å². The summed E-state index contributed by atoms with van der Waals surface area (Å²) in [7, 11) is 0. The van der Waals surface area contributed by atoms with E-state index in [1.54, 1.807) is 0 Å². The molecule has 96 valence electrons. The highest BCUT2D eigenvalue weighted by Gasteiger charge is 2.15. The van der Waals surface area contributed by atoms with Gasteiger partial charge in [0.25, 0.3) is 0 Å². The number of rotatable bonds is 8. The molecule has 0 saturated carbocycles. The fraction of sp³-hybridized carbons (Fsp3) is 0.923. The molecule has 0 spiro atoms. The Labute approximate surface area is 100 Å². The quantitative estimate of drug-likeness (QED) is 0.670. The van der Waals surface area contributed by atoms with E-state index in [2.05, 4.69) is 33.0 Å². The molecule has 0 aromatic heterocycles. The molecular weight excluding hydrogens is 200 g/mol. The van der Waals surface area contributed by atoms with Gasteiger partial charge in [0.2, 0.25) is 5.91 Å². The highest BCUT2D eigenvalue weighted by Crippen LogP contribution is 2.11. The Hall–Kier alpha value is -0.570. The van der Waals surface area contributed by atoms with E-state index in [1.165, 1.54) is 0 Å². The van der Waals surface area contributed by atoms with Crippen molar-refractivity contribution in [1.29, 1.82) is 0 Å². The predicted molar refractivity (Wildman–Crippen MR) is 69.1 cm³/mol. The standard InChI is InChI=1S/C13H28N2O/c1-5-10(4)8-13(16)15-9-12(14)11(6-2)7-3/h10-12H,5-9,14H2,1-4H3,(H,15,16). The fourth-order valence-electron chi connectivity index (χ4n) is 1.83. The summed E-state index contributed by atoms with van der Waals surface area (Å²) in [6, 6.07) is 0.0934. The van der Waals surface area contributed by atoms with Crippen molar-refractivity contribution in [3.63, 3.8) is 0 Å². The molecule has 3 N–H and O–H groups in total. The molecule has 0 aliphatic carbocycles. The first kappa shape index (κ1) is 15.4. The van der Waals surface area contributed by atoms with Gasteiger partial charge in [-0.05, 0) is 11.8 Å². The Bertz CT molecular complexity index is 190. The summed E-state index contributed by atoms with van der Waals surface area (Å²) in [6.45, 7) is 9.11. The van der Waals surface area contributed by atoms with E-state index in [0.717, 1.165) is 19.3 Å². The minimum absolute atomic E-state index is 0.0934. The van der Waals surface area contributed by atoms with Crippen LogP contribution < -0.4 is 11.1 Å². The van der Waals surface area contributed by atoms with Gasteiger partial charge in [0.15, 0.2) is 0 Å². The second kappa shape index (κ2) is 8.57. The summed E-state index contributed by atoms with van der Waals surface area (Å²) >= 11 is 0. The van der Waals surface area contributed by atoms with E-state index >= 15 is 0 Å². The molecule has 0 heterocycles. The van der Waals surface area contributed by atoms with Gasteiger partial charge in [-0.3, -0.25) is 4.79 Å². The molecule has 0 saturated heterocycles. The third kappa shape index (κ3) is 6.11. The summed E-state index contributed by atoms with van der Waals surface area (Å²) in [5.74, 6) is 1.11. The Balaban J connectivity index is 3.82. The molecule has 0 aromatic carbocycles. The van der Waals surface area contributed by atoms with Gasteiger partial charge in [-0.1, -0.05) is 47.0 Å². The zero-order chi connectivity index (χ0) is 12.6. The Morgan fingerprint density at radius 2 is 1.75 bits per heavy atom. The molecule has 0 bridgehead atoms. The lowest BCUT2D eigenvalue weighted by Gasteiger charge is -2.21. The lowest BCUT2D eigenvalue weighted by Crippen LogP contribution is -2.42. The van der Waals surface area contributed by atoms with Crippen molar-refractivity contribution in [2.75, 3.05) is 6.54 Å². The second-order valence-electron chi connectivity index (χ2n) is 4.76. The van der Waals surface area contributed by atoms with Gasteiger partial charge >= 0.3 is 0 Å². The number of hydrogen-bond donors (Lipinski definition) is 2. The molecule has 0 fully saturated rings. The Morgan fingerprint density at radius 1 is 1.19 bits per heavy atom. The molecule has 0 aliphatic rings. The van der Waals surface area contributed by atoms with Crippen LogP contribution in [0.2, 0.25) is 0 Å². The number of amides is 1. The Kier molecular flexibility index (Phi) is 8.26. The number of nitrogens with two attached hydrogens (primary N) is 1. The summed E-state index contributed by atoms with van der Waals surface area (Å²) in [4.78, 5) is 11.5. The summed E-state index contributed by atoms with van der Waals surface area (Å²) in [6.07, 6.45) is 3.83. The van der Waals surface area contributed by atoms with Gasteiger partial charge in [0, 0.05) is 19.0 Å². The van der Waals surface area contributed by atoms with Crippen molar-refractivity contribution in [2.24, 2.45) is 17.6 Å². The number of carbonyl (C=O) groups is 1. The molecule has 0 rings (SSSR count). The monoisotopic (exact) mass is 228 g/mol. The smallest absolute Gasteiger partial charge is 0.220 e. The topological polar surface area (TPSA) is 55.1 Å². The maximum Gasteiger partial charge on any atom is 0.220 e. The highest BCUT2D eigenvalue weighted by molar-refractivity contribution is 5.76. The van der Waals surface area contributed by atoms with Crippen LogP contribution in [0.1, 0.15) is 53.4 Å². The van der Waals surface area contributed by atoms with Crippen molar-refractivity contribution >= 4 is 5.91 Å². The molecule has 3 heteroatoms. The average molecular weight is 228 g/mol. The largest absolute Gasteiger partial charge is 0.355 e. The lowest BCUT2D eigenvalue weighted by atomic mass is 9.95. The number of carbonyl (C=O) groups excluding carboxylic acids is 1. The maximum atomic E-state index is 11.5. The molecule has 0 aliphatic heterocycles. The molecular formula is C13H28N2O. The van der Waals surface area contributed by atoms with Gasteiger partial charge < -0.3 is 11.1 Å². The van der Waals surface area contributed by atoms with Crippen LogP contribution in [0, 0.1) is 11.8 Å². The van der Waals surface area contributed by atoms with E-state index in [9.17, 15) is 4.79 Å². The van der Waals surface area contributed by atoms with Gasteiger partial charge in [-0.25, -0.2) is 0 Å². The van der Waals surface area contributed by atoms with Gasteiger partial charge in [0.05, 0.1) is 0 Å². The van der Waals surface area contributed by atoms with Gasteiger partial charge in [-0.15, -0.1) is 0 Å². The normalized spacial score (nSPS) is 14.9. The van der Waals surface area contributed by atoms with Crippen LogP contribution in [0.15, 0.2) is 0 Å². The summed E-state index contributed by atoms with van der Waals surface area (Å²) < 4.78 is 0. The van der Waals surface area contributed by atoms with Crippen LogP contribution in [-0.4, -0.2) is 18.5 Å². The zero-order valence-electron chi connectivity index (χ0n) is 11.3. The first-order valence-corrected chi connectivity index (χ1v) is 6.57. The molecule has 0 aromatic rings. The van der Waals surface area contributed by atoms with E-state index in [1.807, 2.05) is 0 Å². The molecule has 1 amide bonds. The van der Waals surface area contributed by atoms with Crippen molar-refractivity contribution < 1.29 is 4.79 Å². The maximum absolute atomic E-state index is 11.5. The van der Waals surface area contributed by atoms with E-state index in [4.69, 9.17) is 5.73 Å². The van der Waals surface area contributed by atoms with Crippen LogP contribution in [0.5, 0.6) is 0 Å². The molecule has 3 nitrogen and oxygen atoms in total. The third-order valence-electron chi connectivity index (χ3n) is 3.42. The number of hydrogen-bond acceptors (Lipinski definition) is 2. The summed E-state index contributed by atoms with van der Waals surface area (Å²) in [5.41, 5.74) is 6.04. The van der Waals surface area contributed by atoms with Crippen LogP contribution in [0.4, 0.5) is 0 Å². The molecule has 2 unspecified atom stereocenters. The summed E-state index contributed by atoms with van der Waals surface area (Å²) in [5, 5.41) is 2.93. The van der Waals surface area contributed by atoms with Crippen molar-refractivity contribution in [3.8, 4) is 0 Å². The average Bonchev–Trinajstić information content (AvgIpc) is 2.27. The van der Waals surface area contributed by atoms with E-state index in [0.29, 0.717) is 24.8 Å². The van der Waals surface area contributed by atoms with Crippen LogP contribution in [0.25, 0.3) is 0 Å². The second-order valence-corrected chi connectivity index (χ2v) is 4.76. The first-order valence-electron chi connectivity index (χ1n) is 6.57. The third-order valence-corrected chi connectivity index (χ3v) is 3.42. The van der Waals surface area contributed by atoms with Crippen LogP contribution >= 0.6 is 0 Å². The van der Waals surface area contributed by atoms with Crippen molar-refractivity contribution in [3.05, 3.63) is 0 Å². The SMILES string of the molecule is CCC(C)CC(=O)NCC(N)C(CC)CC.